The Morgan fingerprint density at radius 2 is 2.12 bits per heavy atom. The molecule has 2 N–H and O–H groups in total. The van der Waals surface area contributed by atoms with Crippen molar-refractivity contribution in [3.8, 4) is 0 Å². The number of benzene rings is 1. The predicted molar refractivity (Wildman–Crippen MR) is 94.3 cm³/mol. The van der Waals surface area contributed by atoms with Crippen LogP contribution in [0.1, 0.15) is 48.9 Å². The van der Waals surface area contributed by atoms with E-state index in [9.17, 15) is 9.59 Å². The summed E-state index contributed by atoms with van der Waals surface area (Å²) >= 11 is 6.42. The van der Waals surface area contributed by atoms with Gasteiger partial charge in [-0.25, -0.2) is 0 Å². The van der Waals surface area contributed by atoms with Crippen LogP contribution in [0.3, 0.4) is 0 Å². The summed E-state index contributed by atoms with van der Waals surface area (Å²) < 4.78 is 0. The molecule has 2 aliphatic rings. The first-order valence-corrected chi connectivity index (χ1v) is 8.67. The maximum absolute atomic E-state index is 12.3. The Hall–Kier alpha value is -2.14. The highest BCUT2D eigenvalue weighted by atomic mass is 35.5. The van der Waals surface area contributed by atoms with E-state index in [-0.39, 0.29) is 13.2 Å². The van der Waals surface area contributed by atoms with Crippen LogP contribution >= 0.6 is 11.6 Å². The molecular formula is C18H20ClN3O2. The lowest BCUT2D eigenvalue weighted by molar-refractivity contribution is -0.120. The fourth-order valence-electron chi connectivity index (χ4n) is 3.29. The second-order valence-corrected chi connectivity index (χ2v) is 6.93. The van der Waals surface area contributed by atoms with E-state index in [1.54, 1.807) is 12.3 Å². The van der Waals surface area contributed by atoms with Crippen LogP contribution in [0.2, 0.25) is 5.02 Å². The molecule has 6 heteroatoms. The van der Waals surface area contributed by atoms with Gasteiger partial charge >= 0.3 is 0 Å². The van der Waals surface area contributed by atoms with Crippen molar-refractivity contribution in [3.63, 3.8) is 0 Å². The number of halogens is 1. The van der Waals surface area contributed by atoms with Gasteiger partial charge < -0.3 is 10.6 Å². The van der Waals surface area contributed by atoms with Crippen molar-refractivity contribution in [1.29, 1.82) is 0 Å². The molecule has 1 aromatic heterocycles. The van der Waals surface area contributed by atoms with E-state index in [0.717, 1.165) is 21.5 Å². The first-order valence-electron chi connectivity index (χ1n) is 8.29. The number of hydrogen-bond donors (Lipinski definition) is 2. The summed E-state index contributed by atoms with van der Waals surface area (Å²) in [6, 6.07) is 5.24. The topological polar surface area (TPSA) is 71.1 Å². The van der Waals surface area contributed by atoms with Crippen molar-refractivity contribution >= 4 is 34.3 Å². The number of carbonyl (C=O) groups excluding carboxylic acids is 2. The second kappa shape index (κ2) is 6.06. The summed E-state index contributed by atoms with van der Waals surface area (Å²) in [5.74, 6) is 0.114. The van der Waals surface area contributed by atoms with Gasteiger partial charge in [-0.1, -0.05) is 18.0 Å². The van der Waals surface area contributed by atoms with Gasteiger partial charge in [-0.05, 0) is 48.9 Å². The lowest BCUT2D eigenvalue weighted by Crippen LogP contribution is -2.40. The normalized spacial score (nSPS) is 20.7. The Balaban J connectivity index is 0.00000182. The summed E-state index contributed by atoms with van der Waals surface area (Å²) in [4.78, 5) is 28.3. The van der Waals surface area contributed by atoms with E-state index >= 15 is 0 Å². The fourth-order valence-corrected chi connectivity index (χ4v) is 3.62. The molecule has 0 unspecified atom stereocenters. The molecule has 2 amide bonds. The number of carbonyl (C=O) groups is 2. The number of nitrogens with one attached hydrogen (secondary N) is 2. The molecule has 2 aromatic rings. The highest BCUT2D eigenvalue weighted by Gasteiger charge is 2.26. The summed E-state index contributed by atoms with van der Waals surface area (Å²) in [5, 5.41) is 7.03. The maximum atomic E-state index is 12.3. The molecular weight excluding hydrogens is 326 g/mol. The maximum Gasteiger partial charge on any atom is 0.253 e. The average molecular weight is 346 g/mol. The van der Waals surface area contributed by atoms with Crippen LogP contribution in [0.4, 0.5) is 0 Å². The van der Waals surface area contributed by atoms with E-state index in [0.29, 0.717) is 24.4 Å². The number of pyridine rings is 1. The summed E-state index contributed by atoms with van der Waals surface area (Å²) in [5.41, 5.74) is 2.44. The Kier molecular flexibility index (Phi) is 3.88. The van der Waals surface area contributed by atoms with Gasteiger partial charge in [0, 0.05) is 24.6 Å². The zero-order valence-electron chi connectivity index (χ0n) is 13.1. The molecule has 2 fully saturated rings. The largest absolute Gasteiger partial charge is 0.354 e. The minimum absolute atomic E-state index is 0. The molecule has 0 radical (unpaired) electrons. The quantitative estimate of drug-likeness (QED) is 0.898. The summed E-state index contributed by atoms with van der Waals surface area (Å²) in [7, 11) is 0. The molecule has 4 rings (SSSR count). The van der Waals surface area contributed by atoms with Crippen LogP contribution < -0.4 is 10.6 Å². The third-order valence-corrected chi connectivity index (χ3v) is 5.29. The van der Waals surface area contributed by atoms with Gasteiger partial charge in [0.15, 0.2) is 0 Å². The first-order chi connectivity index (χ1) is 11.6. The van der Waals surface area contributed by atoms with Gasteiger partial charge in [0.2, 0.25) is 5.91 Å². The van der Waals surface area contributed by atoms with Gasteiger partial charge in [0.1, 0.15) is 6.04 Å². The second-order valence-electron chi connectivity index (χ2n) is 6.52. The molecule has 1 saturated heterocycles. The van der Waals surface area contributed by atoms with Gasteiger partial charge in [-0.2, -0.15) is 0 Å². The fraction of sp³-hybridized carbons (Fsp3) is 0.389. The Morgan fingerprint density at radius 3 is 2.79 bits per heavy atom. The van der Waals surface area contributed by atoms with Gasteiger partial charge in [-0.3, -0.25) is 14.6 Å². The van der Waals surface area contributed by atoms with Crippen LogP contribution in [0.15, 0.2) is 24.4 Å². The third kappa shape index (κ3) is 2.73. The van der Waals surface area contributed by atoms with Gasteiger partial charge in [-0.15, -0.1) is 0 Å². The lowest BCUT2D eigenvalue weighted by atomic mass is 9.80. The number of aromatic nitrogens is 1. The molecule has 0 bridgehead atoms. The number of amides is 2. The predicted octanol–water partition coefficient (Wildman–Crippen LogP) is 3.02. The van der Waals surface area contributed by atoms with Crippen LogP contribution in [0.25, 0.3) is 10.9 Å². The Bertz CT molecular complexity index is 838. The lowest BCUT2D eigenvalue weighted by Gasteiger charge is -2.26. The Morgan fingerprint density at radius 1 is 1.29 bits per heavy atom. The van der Waals surface area contributed by atoms with Crippen LogP contribution in [0, 0.1) is 0 Å². The van der Waals surface area contributed by atoms with Crippen molar-refractivity contribution < 1.29 is 11.0 Å². The number of rotatable bonds is 3. The molecule has 1 saturated carbocycles. The van der Waals surface area contributed by atoms with Crippen LogP contribution in [-0.4, -0.2) is 29.4 Å². The van der Waals surface area contributed by atoms with Crippen LogP contribution in [0.5, 0.6) is 0 Å². The number of hydrogen-bond acceptors (Lipinski definition) is 3. The monoisotopic (exact) mass is 345 g/mol. The van der Waals surface area contributed by atoms with Gasteiger partial charge in [0.25, 0.3) is 5.91 Å². The molecule has 24 heavy (non-hydrogen) atoms. The number of nitrogens with zero attached hydrogens (tertiary/aromatic N) is 1. The molecule has 1 aromatic carbocycles. The standard InChI is InChI=1S/C18H18ClN3O2.H2/c19-14-7-11-6-12(17(23)22-15-4-5-20-18(15)24)9-21-16(11)8-13(14)10-2-1-3-10;/h6-10,15H,1-5H2,(H,20,24)(H,22,23);1H/t15-;/m0./s1. The van der Waals surface area contributed by atoms with Crippen LogP contribution in [-0.2, 0) is 4.79 Å². The number of fused-ring (bicyclic) bond motifs is 1. The van der Waals surface area contributed by atoms with Crippen molar-refractivity contribution in [1.82, 2.24) is 15.6 Å². The third-order valence-electron chi connectivity index (χ3n) is 4.96. The van der Waals surface area contributed by atoms with E-state index in [1.807, 2.05) is 12.1 Å². The smallest absolute Gasteiger partial charge is 0.253 e. The van der Waals surface area contributed by atoms with E-state index < -0.39 is 6.04 Å². The molecule has 126 valence electrons. The van der Waals surface area contributed by atoms with Gasteiger partial charge in [0.05, 0.1) is 11.1 Å². The zero-order chi connectivity index (χ0) is 16.7. The molecule has 0 spiro atoms. The van der Waals surface area contributed by atoms with Crippen molar-refractivity contribution in [3.05, 3.63) is 40.5 Å². The minimum Gasteiger partial charge on any atom is -0.354 e. The molecule has 1 atom stereocenters. The SMILES string of the molecule is O=C(N[C@H]1CCNC1=O)c1cnc2cc(C3CCC3)c(Cl)cc2c1.[HH]. The van der Waals surface area contributed by atoms with E-state index in [2.05, 4.69) is 15.6 Å². The summed E-state index contributed by atoms with van der Waals surface area (Å²) in [6.07, 6.45) is 5.77. The average Bonchev–Trinajstić information content (AvgIpc) is 2.91. The Labute approximate surface area is 146 Å². The molecule has 2 heterocycles. The highest BCUT2D eigenvalue weighted by Crippen LogP contribution is 2.40. The highest BCUT2D eigenvalue weighted by molar-refractivity contribution is 6.32. The minimum atomic E-state index is -0.460. The summed E-state index contributed by atoms with van der Waals surface area (Å²) in [6.45, 7) is 0.597. The van der Waals surface area contributed by atoms with Crippen molar-refractivity contribution in [2.75, 3.05) is 6.54 Å². The molecule has 1 aliphatic carbocycles. The first kappa shape index (κ1) is 15.4. The molecule has 1 aliphatic heterocycles. The molecule has 5 nitrogen and oxygen atoms in total. The zero-order valence-corrected chi connectivity index (χ0v) is 13.9. The van der Waals surface area contributed by atoms with E-state index in [1.165, 1.54) is 19.3 Å². The van der Waals surface area contributed by atoms with Crippen molar-refractivity contribution in [2.45, 2.75) is 37.6 Å². The van der Waals surface area contributed by atoms with E-state index in [4.69, 9.17) is 11.6 Å². The van der Waals surface area contributed by atoms with Crippen molar-refractivity contribution in [2.24, 2.45) is 0 Å².